The van der Waals surface area contributed by atoms with Crippen molar-refractivity contribution in [3.63, 3.8) is 0 Å². The zero-order chi connectivity index (χ0) is 62.6. The number of ether oxygens (including phenoxy) is 9. The topological polar surface area (TPSA) is 220 Å². The van der Waals surface area contributed by atoms with Crippen LogP contribution >= 0.6 is 0 Å². The van der Waals surface area contributed by atoms with Gasteiger partial charge >= 0.3 is 91.0 Å². The fourth-order valence-corrected chi connectivity index (χ4v) is 12.1. The lowest BCUT2D eigenvalue weighted by Crippen LogP contribution is -2.64. The van der Waals surface area contributed by atoms with Crippen LogP contribution in [0.1, 0.15) is 78.6 Å². The van der Waals surface area contributed by atoms with E-state index in [-0.39, 0.29) is 25.7 Å². The van der Waals surface area contributed by atoms with Gasteiger partial charge in [-0.2, -0.15) is 92.2 Å². The summed E-state index contributed by atoms with van der Waals surface area (Å²) >= 11 is 0. The molecule has 4 aliphatic carbocycles. The van der Waals surface area contributed by atoms with Crippen LogP contribution in [0.25, 0.3) is 0 Å². The SMILES string of the molecule is C[C@H](CCC(=O)O[C@H]1O[C@H](COC(=O)C(F)(F)F)[C@@H](OC(=O)C(F)(F)F)[C@H](OC(=O)C(F)(F)F)[C@H]1OC(=O)C(F)(F)F)[C@H]1CCC2C3C(CC(OC(=O)C(F)(F)F)[C@@]21C)[C@@]1(C)CC[C@@H](OC(=O)C(F)(F)F)CC1C[C@H]3OC(=O)C(F)(F)F. The van der Waals surface area contributed by atoms with E-state index in [1.165, 1.54) is 20.8 Å². The van der Waals surface area contributed by atoms with Crippen LogP contribution in [0.3, 0.4) is 0 Å². The Bertz CT molecular complexity index is 2420. The van der Waals surface area contributed by atoms with E-state index >= 15 is 0 Å². The summed E-state index contributed by atoms with van der Waals surface area (Å²) in [6.07, 6.45) is -69.6. The zero-order valence-corrected chi connectivity index (χ0v) is 41.5. The minimum absolute atomic E-state index is 0.217. The van der Waals surface area contributed by atoms with Crippen molar-refractivity contribution in [2.45, 2.75) is 171 Å². The first kappa shape index (κ1) is 67.0. The second-order valence-corrected chi connectivity index (χ2v) is 20.4. The van der Waals surface area contributed by atoms with Crippen molar-refractivity contribution in [2.24, 2.45) is 46.3 Å². The molecule has 0 radical (unpaired) electrons. The second kappa shape index (κ2) is 23.4. The van der Waals surface area contributed by atoms with Crippen LogP contribution in [0, 0.1) is 46.3 Å². The van der Waals surface area contributed by atoms with Crippen molar-refractivity contribution < 1.29 is 173 Å². The third-order valence-corrected chi connectivity index (χ3v) is 15.6. The molecule has 0 bridgehead atoms. The van der Waals surface area contributed by atoms with E-state index in [4.69, 9.17) is 18.9 Å². The van der Waals surface area contributed by atoms with E-state index < -0.39 is 225 Å². The van der Waals surface area contributed by atoms with Crippen LogP contribution < -0.4 is 0 Å². The van der Waals surface area contributed by atoms with E-state index in [9.17, 15) is 131 Å². The highest BCUT2D eigenvalue weighted by atomic mass is 19.4. The standard InChI is InChI=1S/C44H43F21O17/c1-14(4-7-23(66)79-28-27(82-35(73)44(63,64)65)26(81-34(72)43(60,61)62)25(80-33(71)42(57,58)59)21(76-28)13-74-29(67)38(45,46)47)17-5-6-18-24-19(12-22(37(17,18)3)78-32(70)41(54,55)56)36(2)9-8-16(75-30(68)39(48,49)50)10-15(36)11-20(24)77-31(69)40(51,52)53/h14-22,24-28H,4-13H2,1-3H3/t14-,15?,16-,17-,18?,19?,20-,21-,22?,24?,25-,26+,27-,28-,36+,37-/m1/s1. The molecule has 0 N–H and O–H groups in total. The van der Waals surface area contributed by atoms with E-state index in [0.29, 0.717) is 0 Å². The van der Waals surface area contributed by atoms with Gasteiger partial charge in [-0.3, -0.25) is 4.79 Å². The summed E-state index contributed by atoms with van der Waals surface area (Å²) in [7, 11) is 0. The van der Waals surface area contributed by atoms with E-state index in [2.05, 4.69) is 23.7 Å². The van der Waals surface area contributed by atoms with Crippen LogP contribution in [-0.4, -0.2) is 147 Å². The van der Waals surface area contributed by atoms with Crippen LogP contribution in [0.2, 0.25) is 0 Å². The summed E-state index contributed by atoms with van der Waals surface area (Å²) in [4.78, 5) is 98.2. The van der Waals surface area contributed by atoms with Gasteiger partial charge in [-0.25, -0.2) is 33.6 Å². The van der Waals surface area contributed by atoms with Crippen molar-refractivity contribution in [2.75, 3.05) is 6.61 Å². The van der Waals surface area contributed by atoms with Gasteiger partial charge in [0.2, 0.25) is 12.4 Å². The minimum Gasteiger partial charge on any atom is -0.456 e. The van der Waals surface area contributed by atoms with Gasteiger partial charge in [0.1, 0.15) is 31.0 Å². The number of hydrogen-bond donors (Lipinski definition) is 0. The molecule has 1 heterocycles. The monoisotopic (exact) mass is 1240 g/mol. The second-order valence-electron chi connectivity index (χ2n) is 20.4. The quantitative estimate of drug-likeness (QED) is 0.0958. The number of rotatable bonds is 13. The van der Waals surface area contributed by atoms with E-state index in [1.807, 2.05) is 0 Å². The number of alkyl halides is 21. The largest absolute Gasteiger partial charge is 0.490 e. The van der Waals surface area contributed by atoms with Crippen molar-refractivity contribution in [1.29, 1.82) is 0 Å². The molecule has 17 nitrogen and oxygen atoms in total. The Kier molecular flexibility index (Phi) is 19.1. The summed E-state index contributed by atoms with van der Waals surface area (Å²) in [5, 5.41) is 0. The van der Waals surface area contributed by atoms with Crippen LogP contribution in [0.4, 0.5) is 92.2 Å². The third kappa shape index (κ3) is 14.9. The van der Waals surface area contributed by atoms with Gasteiger partial charge in [-0.1, -0.05) is 20.8 Å². The molecule has 5 fully saturated rings. The molecule has 38 heteroatoms. The number of carbonyl (C=O) groups excluding carboxylic acids is 8. The number of hydrogen-bond acceptors (Lipinski definition) is 17. The first-order valence-corrected chi connectivity index (χ1v) is 23.8. The van der Waals surface area contributed by atoms with Gasteiger partial charge in [0.15, 0.2) is 12.2 Å². The summed E-state index contributed by atoms with van der Waals surface area (Å²) in [6.45, 7) is 1.65. The van der Waals surface area contributed by atoms with Crippen molar-refractivity contribution in [3.05, 3.63) is 0 Å². The van der Waals surface area contributed by atoms with Crippen molar-refractivity contribution in [1.82, 2.24) is 0 Å². The first-order valence-electron chi connectivity index (χ1n) is 23.8. The van der Waals surface area contributed by atoms with Gasteiger partial charge in [-0.05, 0) is 86.4 Å². The molecular weight excluding hydrogens is 1200 g/mol. The normalized spacial score (nSPS) is 33.0. The fraction of sp³-hybridized carbons (Fsp3) is 0.818. The molecule has 0 spiro atoms. The van der Waals surface area contributed by atoms with Crippen LogP contribution in [0.5, 0.6) is 0 Å². The Balaban J connectivity index is 1.52. The van der Waals surface area contributed by atoms with E-state index in [0.717, 1.165) is 0 Å². The minimum atomic E-state index is -6.33. The predicted molar refractivity (Wildman–Crippen MR) is 212 cm³/mol. The lowest BCUT2D eigenvalue weighted by molar-refractivity contribution is -0.315. The third-order valence-electron chi connectivity index (χ3n) is 15.6. The van der Waals surface area contributed by atoms with E-state index in [1.54, 1.807) is 0 Å². The maximum Gasteiger partial charge on any atom is 0.490 e. The first-order chi connectivity index (χ1) is 37.0. The summed E-state index contributed by atoms with van der Waals surface area (Å²) in [6, 6.07) is 0. The Hall–Kier alpha value is -5.75. The number of fused-ring (bicyclic) bond motifs is 5. The highest BCUT2D eigenvalue weighted by Gasteiger charge is 2.69. The molecule has 0 aromatic heterocycles. The maximum atomic E-state index is 14.0. The Morgan fingerprint density at radius 1 is 0.500 bits per heavy atom. The summed E-state index contributed by atoms with van der Waals surface area (Å²) < 4.78 is 324. The number of carbonyl (C=O) groups is 8. The molecular formula is C44H43F21O17. The molecule has 4 saturated carbocycles. The number of esters is 8. The molecule has 82 heavy (non-hydrogen) atoms. The fourth-order valence-electron chi connectivity index (χ4n) is 12.1. The van der Waals surface area contributed by atoms with Crippen LogP contribution in [0.15, 0.2) is 0 Å². The lowest BCUT2D eigenvalue weighted by atomic mass is 9.43. The smallest absolute Gasteiger partial charge is 0.456 e. The lowest BCUT2D eigenvalue weighted by Gasteiger charge is -2.64. The van der Waals surface area contributed by atoms with Gasteiger partial charge in [0.25, 0.3) is 0 Å². The predicted octanol–water partition coefficient (Wildman–Crippen LogP) is 8.50. The molecule has 5 aliphatic rings. The number of halogens is 21. The molecule has 16 atom stereocenters. The average molecular weight is 1240 g/mol. The molecule has 1 saturated heterocycles. The molecule has 5 rings (SSSR count). The summed E-state index contributed by atoms with van der Waals surface area (Å²) in [5.41, 5.74) is -3.19. The Labute approximate surface area is 444 Å². The molecule has 5 unspecified atom stereocenters. The Morgan fingerprint density at radius 2 is 0.951 bits per heavy atom. The highest BCUT2D eigenvalue weighted by molar-refractivity contribution is 5.79. The average Bonchev–Trinajstić information content (AvgIpc) is 3.67. The zero-order valence-electron chi connectivity index (χ0n) is 41.5. The van der Waals surface area contributed by atoms with Gasteiger partial charge in [0, 0.05) is 17.8 Å². The van der Waals surface area contributed by atoms with Crippen molar-refractivity contribution in [3.8, 4) is 0 Å². The molecule has 0 aromatic rings. The highest BCUT2D eigenvalue weighted by Crippen LogP contribution is 2.70. The molecule has 1 aliphatic heterocycles. The summed E-state index contributed by atoms with van der Waals surface area (Å²) in [5.74, 6) is -31.4. The molecule has 0 amide bonds. The van der Waals surface area contributed by atoms with Gasteiger partial charge < -0.3 is 42.6 Å². The van der Waals surface area contributed by atoms with Crippen molar-refractivity contribution >= 4 is 47.8 Å². The molecule has 468 valence electrons. The van der Waals surface area contributed by atoms with Gasteiger partial charge in [0.05, 0.1) is 0 Å². The molecule has 0 aromatic carbocycles. The van der Waals surface area contributed by atoms with Crippen LogP contribution in [-0.2, 0) is 81.0 Å². The maximum absolute atomic E-state index is 14.0. The van der Waals surface area contributed by atoms with Gasteiger partial charge in [-0.15, -0.1) is 0 Å². The Morgan fingerprint density at radius 3 is 1.45 bits per heavy atom.